The molecule has 0 spiro atoms. The molecule has 0 amide bonds. The fourth-order valence-electron chi connectivity index (χ4n) is 3.30. The van der Waals surface area contributed by atoms with Gasteiger partial charge in [-0.05, 0) is 54.3 Å². The Kier molecular flexibility index (Phi) is 7.69. The van der Waals surface area contributed by atoms with Crippen molar-refractivity contribution in [3.8, 4) is 5.75 Å². The zero-order valence-corrected chi connectivity index (χ0v) is 17.1. The molecule has 0 aliphatic rings. The van der Waals surface area contributed by atoms with Crippen molar-refractivity contribution in [3.63, 3.8) is 0 Å². The molecule has 0 atom stereocenters. The first-order chi connectivity index (χ1) is 13.7. The van der Waals surface area contributed by atoms with Crippen molar-refractivity contribution in [2.75, 3.05) is 7.05 Å². The quantitative estimate of drug-likeness (QED) is 0.417. The van der Waals surface area contributed by atoms with Crippen molar-refractivity contribution in [2.45, 2.75) is 45.9 Å². The van der Waals surface area contributed by atoms with Crippen molar-refractivity contribution >= 4 is 0 Å². The summed E-state index contributed by atoms with van der Waals surface area (Å²) in [6.45, 7) is 4.73. The summed E-state index contributed by atoms with van der Waals surface area (Å²) in [6.07, 6.45) is 3.63. The second-order valence-electron chi connectivity index (χ2n) is 7.51. The number of rotatable bonds is 10. The smallest absolute Gasteiger partial charge is 0.119 e. The molecule has 0 fully saturated rings. The second-order valence-corrected chi connectivity index (χ2v) is 7.51. The van der Waals surface area contributed by atoms with Gasteiger partial charge in [-0.1, -0.05) is 80.1 Å². The number of unbranched alkanes of at least 4 members (excludes halogenated alkanes) is 1. The summed E-state index contributed by atoms with van der Waals surface area (Å²) in [5.74, 6) is 0.937. The van der Waals surface area contributed by atoms with E-state index in [4.69, 9.17) is 4.74 Å². The Bertz CT molecular complexity index is 809. The van der Waals surface area contributed by atoms with Crippen molar-refractivity contribution in [2.24, 2.45) is 0 Å². The average molecular weight is 374 g/mol. The Morgan fingerprint density at radius 2 is 1.25 bits per heavy atom. The molecular formula is C26H31NO. The Balaban J connectivity index is 1.46. The van der Waals surface area contributed by atoms with Crippen LogP contribution in [0.5, 0.6) is 5.75 Å². The van der Waals surface area contributed by atoms with Crippen LogP contribution in [0.25, 0.3) is 0 Å². The highest BCUT2D eigenvalue weighted by atomic mass is 16.5. The van der Waals surface area contributed by atoms with E-state index in [0.717, 1.165) is 25.3 Å². The summed E-state index contributed by atoms with van der Waals surface area (Å²) in [4.78, 5) is 2.33. The van der Waals surface area contributed by atoms with Gasteiger partial charge in [0.05, 0.1) is 0 Å². The zero-order valence-electron chi connectivity index (χ0n) is 17.1. The number of hydrogen-bond donors (Lipinski definition) is 0. The topological polar surface area (TPSA) is 12.5 Å². The van der Waals surface area contributed by atoms with Gasteiger partial charge in [-0.2, -0.15) is 0 Å². The maximum atomic E-state index is 5.94. The molecule has 0 N–H and O–H groups in total. The number of hydrogen-bond acceptors (Lipinski definition) is 2. The fraction of sp³-hybridized carbons (Fsp3) is 0.308. The van der Waals surface area contributed by atoms with Crippen molar-refractivity contribution in [1.29, 1.82) is 0 Å². The number of benzene rings is 3. The van der Waals surface area contributed by atoms with Crippen LogP contribution in [-0.4, -0.2) is 11.9 Å². The Hall–Kier alpha value is -2.58. The molecule has 3 aromatic rings. The molecule has 0 aliphatic heterocycles. The maximum absolute atomic E-state index is 5.94. The minimum atomic E-state index is 0.606. The molecule has 146 valence electrons. The van der Waals surface area contributed by atoms with Crippen LogP contribution < -0.4 is 4.74 Å². The van der Waals surface area contributed by atoms with Crippen LogP contribution >= 0.6 is 0 Å². The lowest BCUT2D eigenvalue weighted by atomic mass is 10.1. The average Bonchev–Trinajstić information content (AvgIpc) is 2.73. The normalized spacial score (nSPS) is 11.0. The molecular weight excluding hydrogens is 342 g/mol. The van der Waals surface area contributed by atoms with Gasteiger partial charge in [0.15, 0.2) is 0 Å². The summed E-state index contributed by atoms with van der Waals surface area (Å²) >= 11 is 0. The van der Waals surface area contributed by atoms with E-state index in [1.807, 2.05) is 0 Å². The summed E-state index contributed by atoms with van der Waals surface area (Å²) in [6, 6.07) is 27.9. The predicted molar refractivity (Wildman–Crippen MR) is 117 cm³/mol. The van der Waals surface area contributed by atoms with E-state index < -0.39 is 0 Å². The first-order valence-electron chi connectivity index (χ1n) is 10.2. The Morgan fingerprint density at radius 3 is 1.89 bits per heavy atom. The lowest BCUT2D eigenvalue weighted by Crippen LogP contribution is -2.17. The third-order valence-electron chi connectivity index (χ3n) is 4.92. The van der Waals surface area contributed by atoms with Crippen LogP contribution in [0.3, 0.4) is 0 Å². The van der Waals surface area contributed by atoms with Gasteiger partial charge in [0.25, 0.3) is 0 Å². The summed E-state index contributed by atoms with van der Waals surface area (Å²) in [7, 11) is 2.16. The minimum absolute atomic E-state index is 0.606. The van der Waals surface area contributed by atoms with Gasteiger partial charge in [0, 0.05) is 13.1 Å². The van der Waals surface area contributed by atoms with Crippen LogP contribution in [0.1, 0.15) is 42.0 Å². The number of nitrogens with zero attached hydrogens (tertiary/aromatic N) is 1. The molecule has 0 bridgehead atoms. The van der Waals surface area contributed by atoms with Gasteiger partial charge < -0.3 is 4.74 Å². The van der Waals surface area contributed by atoms with Gasteiger partial charge in [-0.25, -0.2) is 0 Å². The molecule has 0 heterocycles. The van der Waals surface area contributed by atoms with Gasteiger partial charge >= 0.3 is 0 Å². The third kappa shape index (κ3) is 6.54. The lowest BCUT2D eigenvalue weighted by molar-refractivity contribution is 0.305. The van der Waals surface area contributed by atoms with Crippen LogP contribution in [0.4, 0.5) is 0 Å². The lowest BCUT2D eigenvalue weighted by Gasteiger charge is -2.17. The first-order valence-corrected chi connectivity index (χ1v) is 10.2. The van der Waals surface area contributed by atoms with Crippen molar-refractivity contribution in [3.05, 3.63) is 101 Å². The van der Waals surface area contributed by atoms with E-state index in [0.29, 0.717) is 6.61 Å². The van der Waals surface area contributed by atoms with Gasteiger partial charge in [-0.15, -0.1) is 0 Å². The van der Waals surface area contributed by atoms with Gasteiger partial charge in [0.2, 0.25) is 0 Å². The molecule has 3 rings (SSSR count). The van der Waals surface area contributed by atoms with Crippen LogP contribution in [0, 0.1) is 0 Å². The van der Waals surface area contributed by atoms with E-state index in [-0.39, 0.29) is 0 Å². The zero-order chi connectivity index (χ0) is 19.6. The predicted octanol–water partition coefficient (Wildman–Crippen LogP) is 6.24. The molecule has 3 aromatic carbocycles. The summed E-state index contributed by atoms with van der Waals surface area (Å²) < 4.78 is 5.94. The molecule has 0 saturated heterocycles. The van der Waals surface area contributed by atoms with E-state index in [9.17, 15) is 0 Å². The molecule has 0 unspecified atom stereocenters. The monoisotopic (exact) mass is 373 g/mol. The van der Waals surface area contributed by atoms with E-state index in [2.05, 4.69) is 97.7 Å². The minimum Gasteiger partial charge on any atom is -0.489 e. The largest absolute Gasteiger partial charge is 0.489 e. The van der Waals surface area contributed by atoms with Crippen LogP contribution in [0.15, 0.2) is 78.9 Å². The Labute approximate surface area is 169 Å². The molecule has 2 nitrogen and oxygen atoms in total. The highest BCUT2D eigenvalue weighted by molar-refractivity contribution is 5.28. The highest BCUT2D eigenvalue weighted by Gasteiger charge is 2.03. The maximum Gasteiger partial charge on any atom is 0.119 e. The number of ether oxygens (including phenoxy) is 1. The first kappa shape index (κ1) is 20.2. The van der Waals surface area contributed by atoms with E-state index >= 15 is 0 Å². The highest BCUT2D eigenvalue weighted by Crippen LogP contribution is 2.16. The Morgan fingerprint density at radius 1 is 0.679 bits per heavy atom. The molecule has 0 aromatic heterocycles. The van der Waals surface area contributed by atoms with Gasteiger partial charge in [0.1, 0.15) is 12.4 Å². The standard InChI is InChI=1S/C26H31NO/c1-3-4-8-22-15-17-26(18-16-22)28-21-25-13-11-24(12-14-25)20-27(2)19-23-9-6-5-7-10-23/h5-7,9-18H,3-4,8,19-21H2,1-2H3. The third-order valence-corrected chi connectivity index (χ3v) is 4.92. The SMILES string of the molecule is CCCCc1ccc(OCc2ccc(CN(C)Cc3ccccc3)cc2)cc1. The second kappa shape index (κ2) is 10.7. The molecule has 0 saturated carbocycles. The number of aryl methyl sites for hydroxylation is 1. The van der Waals surface area contributed by atoms with E-state index in [1.165, 1.54) is 35.1 Å². The van der Waals surface area contributed by atoms with Gasteiger partial charge in [-0.3, -0.25) is 4.90 Å². The summed E-state index contributed by atoms with van der Waals surface area (Å²) in [5, 5.41) is 0. The van der Waals surface area contributed by atoms with Crippen LogP contribution in [-0.2, 0) is 26.1 Å². The van der Waals surface area contributed by atoms with Crippen LogP contribution in [0.2, 0.25) is 0 Å². The van der Waals surface area contributed by atoms with Crippen molar-refractivity contribution in [1.82, 2.24) is 4.90 Å². The molecule has 0 radical (unpaired) electrons. The molecule has 0 aliphatic carbocycles. The molecule has 28 heavy (non-hydrogen) atoms. The van der Waals surface area contributed by atoms with E-state index in [1.54, 1.807) is 0 Å². The van der Waals surface area contributed by atoms with Crippen molar-refractivity contribution < 1.29 is 4.74 Å². The molecule has 2 heteroatoms. The fourth-order valence-corrected chi connectivity index (χ4v) is 3.30. The summed E-state index contributed by atoms with van der Waals surface area (Å²) in [5.41, 5.74) is 5.25.